The Morgan fingerprint density at radius 1 is 1.20 bits per heavy atom. The van der Waals surface area contributed by atoms with Gasteiger partial charge in [-0.3, -0.25) is 9.59 Å². The number of hydrogen-bond acceptors (Lipinski definition) is 4. The van der Waals surface area contributed by atoms with Crippen molar-refractivity contribution < 1.29 is 14.0 Å². The average Bonchev–Trinajstić information content (AvgIpc) is 3.16. The van der Waals surface area contributed by atoms with E-state index in [1.807, 2.05) is 11.9 Å². The molecule has 0 saturated carbocycles. The van der Waals surface area contributed by atoms with E-state index in [1.54, 1.807) is 17.0 Å². The number of carbonyl (C=O) groups is 2. The second-order valence-electron chi connectivity index (χ2n) is 6.81. The first-order chi connectivity index (χ1) is 11.7. The summed E-state index contributed by atoms with van der Waals surface area (Å²) in [6, 6.07) is 3.04. The van der Waals surface area contributed by atoms with Gasteiger partial charge in [0.2, 0.25) is 5.91 Å². The molecule has 7 heteroatoms. The van der Waals surface area contributed by atoms with Crippen LogP contribution in [0.1, 0.15) is 42.7 Å². The van der Waals surface area contributed by atoms with Gasteiger partial charge in [0.25, 0.3) is 5.91 Å². The molecule has 2 aliphatic rings. The Morgan fingerprint density at radius 3 is 2.60 bits per heavy atom. The molecule has 1 atom stereocenters. The minimum atomic E-state index is -0.336. The summed E-state index contributed by atoms with van der Waals surface area (Å²) >= 11 is 0. The van der Waals surface area contributed by atoms with Crippen LogP contribution >= 0.6 is 12.4 Å². The molecule has 1 unspecified atom stereocenters. The lowest BCUT2D eigenvalue weighted by molar-refractivity contribution is -0.138. The molecule has 2 amide bonds. The number of furan rings is 1. The Hall–Kier alpha value is -1.53. The molecule has 3 heterocycles. The van der Waals surface area contributed by atoms with Crippen molar-refractivity contribution in [1.29, 1.82) is 0 Å². The smallest absolute Gasteiger partial charge is 0.290 e. The number of rotatable bonds is 4. The lowest BCUT2D eigenvalue weighted by atomic mass is 9.94. The van der Waals surface area contributed by atoms with Crippen LogP contribution in [-0.2, 0) is 4.79 Å². The molecule has 6 nitrogen and oxygen atoms in total. The van der Waals surface area contributed by atoms with Crippen molar-refractivity contribution in [3.63, 3.8) is 0 Å². The van der Waals surface area contributed by atoms with Gasteiger partial charge < -0.3 is 19.5 Å². The molecule has 25 heavy (non-hydrogen) atoms. The van der Waals surface area contributed by atoms with Crippen molar-refractivity contribution in [1.82, 2.24) is 15.1 Å². The minimum absolute atomic E-state index is 0. The third-order valence-corrected chi connectivity index (χ3v) is 5.20. The molecule has 0 bridgehead atoms. The number of piperidine rings is 2. The molecule has 1 N–H and O–H groups in total. The molecule has 0 aliphatic carbocycles. The lowest BCUT2D eigenvalue weighted by Gasteiger charge is -2.39. The summed E-state index contributed by atoms with van der Waals surface area (Å²) in [5.41, 5.74) is 0. The molecule has 0 spiro atoms. The molecule has 0 radical (unpaired) electrons. The number of halogens is 1. The average molecular weight is 370 g/mol. The summed E-state index contributed by atoms with van der Waals surface area (Å²) in [6.07, 6.45) is 6.26. The predicted octanol–water partition coefficient (Wildman–Crippen LogP) is 2.15. The minimum Gasteiger partial charge on any atom is -0.459 e. The Balaban J connectivity index is 0.00000225. The number of amides is 2. The van der Waals surface area contributed by atoms with E-state index in [1.165, 1.54) is 6.26 Å². The number of carbonyl (C=O) groups excluding carboxylic acids is 2. The first-order valence-electron chi connectivity index (χ1n) is 8.98. The van der Waals surface area contributed by atoms with Gasteiger partial charge in [-0.05, 0) is 63.7 Å². The van der Waals surface area contributed by atoms with Crippen LogP contribution in [0.2, 0.25) is 0 Å². The maximum atomic E-state index is 13.0. The summed E-state index contributed by atoms with van der Waals surface area (Å²) in [7, 11) is 1.97. The van der Waals surface area contributed by atoms with Gasteiger partial charge in [0.1, 0.15) is 6.04 Å². The Labute approximate surface area is 155 Å². The monoisotopic (exact) mass is 369 g/mol. The van der Waals surface area contributed by atoms with Gasteiger partial charge in [0.05, 0.1) is 6.26 Å². The maximum absolute atomic E-state index is 13.0. The number of likely N-dealkylation sites (tertiary alicyclic amines) is 2. The molecule has 1 aromatic rings. The highest BCUT2D eigenvalue weighted by Gasteiger charge is 2.36. The van der Waals surface area contributed by atoms with Crippen molar-refractivity contribution in [2.24, 2.45) is 5.92 Å². The molecular weight excluding hydrogens is 342 g/mol. The maximum Gasteiger partial charge on any atom is 0.290 e. The normalized spacial score (nSPS) is 21.7. The summed E-state index contributed by atoms with van der Waals surface area (Å²) in [4.78, 5) is 29.3. The summed E-state index contributed by atoms with van der Waals surface area (Å²) in [5, 5.41) is 3.22. The third-order valence-electron chi connectivity index (χ3n) is 5.20. The quantitative estimate of drug-likeness (QED) is 0.883. The van der Waals surface area contributed by atoms with Crippen LogP contribution in [0.4, 0.5) is 0 Å². The zero-order valence-electron chi connectivity index (χ0n) is 14.8. The second kappa shape index (κ2) is 9.25. The second-order valence-corrected chi connectivity index (χ2v) is 6.81. The Bertz CT molecular complexity index is 556. The van der Waals surface area contributed by atoms with Gasteiger partial charge in [0, 0.05) is 19.6 Å². The largest absolute Gasteiger partial charge is 0.459 e. The van der Waals surface area contributed by atoms with Crippen molar-refractivity contribution in [2.45, 2.75) is 38.1 Å². The van der Waals surface area contributed by atoms with Crippen LogP contribution in [0.15, 0.2) is 22.8 Å². The van der Waals surface area contributed by atoms with E-state index in [4.69, 9.17) is 4.42 Å². The standard InChI is InChI=1S/C18H27N3O3.ClH/c1-19-13-14-7-10-20(11-8-14)17(22)15-5-2-3-9-21(15)18(23)16-6-4-12-24-16;/h4,6,12,14-15,19H,2-3,5,7-11,13H2,1H3;1H. The van der Waals surface area contributed by atoms with Crippen LogP contribution in [0.3, 0.4) is 0 Å². The number of hydrogen-bond donors (Lipinski definition) is 1. The van der Waals surface area contributed by atoms with Crippen molar-refractivity contribution >= 4 is 24.2 Å². The highest BCUT2D eigenvalue weighted by molar-refractivity contribution is 5.95. The molecule has 1 aromatic heterocycles. The van der Waals surface area contributed by atoms with Gasteiger partial charge in [-0.25, -0.2) is 0 Å². The van der Waals surface area contributed by atoms with Gasteiger partial charge in [0.15, 0.2) is 5.76 Å². The summed E-state index contributed by atoms with van der Waals surface area (Å²) < 4.78 is 5.24. The van der Waals surface area contributed by atoms with E-state index < -0.39 is 0 Å². The molecule has 2 aliphatic heterocycles. The Kier molecular flexibility index (Phi) is 7.32. The highest BCUT2D eigenvalue weighted by atomic mass is 35.5. The zero-order chi connectivity index (χ0) is 16.9. The predicted molar refractivity (Wildman–Crippen MR) is 97.9 cm³/mol. The fourth-order valence-electron chi connectivity index (χ4n) is 3.83. The molecule has 140 valence electrons. The van der Waals surface area contributed by atoms with Crippen LogP contribution in [0.25, 0.3) is 0 Å². The van der Waals surface area contributed by atoms with E-state index in [-0.39, 0.29) is 30.3 Å². The fraction of sp³-hybridized carbons (Fsp3) is 0.667. The van der Waals surface area contributed by atoms with Crippen molar-refractivity contribution in [2.75, 3.05) is 33.2 Å². The van der Waals surface area contributed by atoms with Gasteiger partial charge in [-0.15, -0.1) is 12.4 Å². The highest BCUT2D eigenvalue weighted by Crippen LogP contribution is 2.24. The number of nitrogens with zero attached hydrogens (tertiary/aromatic N) is 2. The molecule has 3 rings (SSSR count). The van der Waals surface area contributed by atoms with E-state index in [0.29, 0.717) is 18.2 Å². The topological polar surface area (TPSA) is 65.8 Å². The van der Waals surface area contributed by atoms with E-state index in [2.05, 4.69) is 5.32 Å². The van der Waals surface area contributed by atoms with Crippen LogP contribution in [-0.4, -0.2) is 60.9 Å². The van der Waals surface area contributed by atoms with Gasteiger partial charge in [-0.1, -0.05) is 0 Å². The van der Waals surface area contributed by atoms with Gasteiger partial charge in [-0.2, -0.15) is 0 Å². The summed E-state index contributed by atoms with van der Waals surface area (Å²) in [5.74, 6) is 0.911. The first kappa shape index (κ1) is 19.8. The van der Waals surface area contributed by atoms with Crippen molar-refractivity contribution in [3.05, 3.63) is 24.2 Å². The third kappa shape index (κ3) is 4.55. The van der Waals surface area contributed by atoms with E-state index >= 15 is 0 Å². The van der Waals surface area contributed by atoms with Crippen LogP contribution < -0.4 is 5.32 Å². The Morgan fingerprint density at radius 2 is 1.96 bits per heavy atom. The fourth-order valence-corrected chi connectivity index (χ4v) is 3.83. The van der Waals surface area contributed by atoms with Crippen LogP contribution in [0, 0.1) is 5.92 Å². The van der Waals surface area contributed by atoms with Crippen molar-refractivity contribution in [3.8, 4) is 0 Å². The molecule has 2 saturated heterocycles. The lowest BCUT2D eigenvalue weighted by Crippen LogP contribution is -2.54. The SMILES string of the molecule is CNCC1CCN(C(=O)C2CCCCN2C(=O)c2ccco2)CC1.Cl. The molecular formula is C18H28ClN3O3. The van der Waals surface area contributed by atoms with E-state index in [0.717, 1.165) is 51.7 Å². The number of nitrogens with one attached hydrogen (secondary N) is 1. The first-order valence-corrected chi connectivity index (χ1v) is 8.98. The van der Waals surface area contributed by atoms with Crippen LogP contribution in [0.5, 0.6) is 0 Å². The molecule has 2 fully saturated rings. The molecule has 0 aromatic carbocycles. The summed E-state index contributed by atoms with van der Waals surface area (Å²) in [6.45, 7) is 3.23. The van der Waals surface area contributed by atoms with E-state index in [9.17, 15) is 9.59 Å². The zero-order valence-corrected chi connectivity index (χ0v) is 15.6. The van der Waals surface area contributed by atoms with Gasteiger partial charge >= 0.3 is 0 Å².